The lowest BCUT2D eigenvalue weighted by Gasteiger charge is -2.23. The molecule has 6 rings (SSSR count). The van der Waals surface area contributed by atoms with E-state index in [9.17, 15) is 19.5 Å². The molecule has 1 aromatic heterocycles. The number of nitrogen functional groups attached to an aromatic ring is 1. The van der Waals surface area contributed by atoms with Crippen LogP contribution >= 0.6 is 0 Å². The number of hydrogen-bond acceptors (Lipinski definition) is 6. The summed E-state index contributed by atoms with van der Waals surface area (Å²) < 4.78 is 0. The van der Waals surface area contributed by atoms with E-state index in [-0.39, 0.29) is 23.5 Å². The van der Waals surface area contributed by atoms with Crippen molar-refractivity contribution in [2.24, 2.45) is 0 Å². The van der Waals surface area contributed by atoms with E-state index in [0.29, 0.717) is 60.1 Å². The molecule has 0 spiro atoms. The summed E-state index contributed by atoms with van der Waals surface area (Å²) in [6.07, 6.45) is 1.08. The van der Waals surface area contributed by atoms with Crippen molar-refractivity contribution < 1.29 is 19.5 Å². The maximum atomic E-state index is 13.6. The zero-order valence-corrected chi connectivity index (χ0v) is 20.5. The highest BCUT2D eigenvalue weighted by Crippen LogP contribution is 2.32. The van der Waals surface area contributed by atoms with E-state index in [1.165, 1.54) is 4.90 Å². The number of rotatable bonds is 4. The van der Waals surface area contributed by atoms with Gasteiger partial charge in [0.05, 0.1) is 5.52 Å². The molecule has 0 aliphatic carbocycles. The van der Waals surface area contributed by atoms with Crippen LogP contribution in [0.5, 0.6) is 0 Å². The van der Waals surface area contributed by atoms with Gasteiger partial charge in [-0.05, 0) is 53.3 Å². The highest BCUT2D eigenvalue weighted by Gasteiger charge is 2.35. The Kier molecular flexibility index (Phi) is 5.75. The van der Waals surface area contributed by atoms with E-state index in [1.54, 1.807) is 29.2 Å². The summed E-state index contributed by atoms with van der Waals surface area (Å²) in [6, 6.07) is 19.6. The first-order valence-corrected chi connectivity index (χ1v) is 12.5. The van der Waals surface area contributed by atoms with Crippen LogP contribution in [0.4, 0.5) is 5.95 Å². The SMILES string of the molecule is Nc1nc(C(=O)N2Cc3ccccc3C2)c2cc(-c3ccccc3C(=O)N3CCC[C@H]3C(=O)O)ccc2n1. The fourth-order valence-electron chi connectivity index (χ4n) is 5.45. The number of carboxylic acids is 1. The Bertz CT molecular complexity index is 1590. The number of aromatic nitrogens is 2. The zero-order chi connectivity index (χ0) is 26.4. The number of nitrogens with zero attached hydrogens (tertiary/aromatic N) is 4. The minimum atomic E-state index is -0.999. The average Bonchev–Trinajstić information content (AvgIpc) is 3.59. The predicted molar refractivity (Wildman–Crippen MR) is 141 cm³/mol. The Morgan fingerprint density at radius 3 is 2.34 bits per heavy atom. The van der Waals surface area contributed by atoms with Gasteiger partial charge < -0.3 is 20.6 Å². The van der Waals surface area contributed by atoms with Crippen LogP contribution in [-0.4, -0.2) is 55.2 Å². The summed E-state index contributed by atoms with van der Waals surface area (Å²) in [4.78, 5) is 50.6. The fraction of sp³-hybridized carbons (Fsp3) is 0.207. The summed E-state index contributed by atoms with van der Waals surface area (Å²) in [5.74, 6) is -1.57. The molecule has 3 heterocycles. The molecule has 0 bridgehead atoms. The molecule has 1 atom stereocenters. The molecule has 9 nitrogen and oxygen atoms in total. The lowest BCUT2D eigenvalue weighted by Crippen LogP contribution is -2.40. The van der Waals surface area contributed by atoms with E-state index >= 15 is 0 Å². The highest BCUT2D eigenvalue weighted by atomic mass is 16.4. The molecular weight excluding hydrogens is 482 g/mol. The van der Waals surface area contributed by atoms with Crippen molar-refractivity contribution in [2.45, 2.75) is 32.0 Å². The third-order valence-electron chi connectivity index (χ3n) is 7.31. The maximum Gasteiger partial charge on any atom is 0.326 e. The van der Waals surface area contributed by atoms with Crippen molar-refractivity contribution in [1.29, 1.82) is 0 Å². The summed E-state index contributed by atoms with van der Waals surface area (Å²) in [6.45, 7) is 1.36. The van der Waals surface area contributed by atoms with E-state index in [2.05, 4.69) is 9.97 Å². The number of aliphatic carboxylic acids is 1. The molecule has 2 amide bonds. The van der Waals surface area contributed by atoms with E-state index in [4.69, 9.17) is 5.73 Å². The quantitative estimate of drug-likeness (QED) is 0.431. The third-order valence-corrected chi connectivity index (χ3v) is 7.31. The van der Waals surface area contributed by atoms with Crippen molar-refractivity contribution in [3.8, 4) is 11.1 Å². The first-order valence-electron chi connectivity index (χ1n) is 12.5. The van der Waals surface area contributed by atoms with Gasteiger partial charge in [0.25, 0.3) is 11.8 Å². The molecule has 2 aliphatic heterocycles. The topological polar surface area (TPSA) is 130 Å². The molecule has 0 saturated carbocycles. The fourth-order valence-corrected chi connectivity index (χ4v) is 5.45. The van der Waals surface area contributed by atoms with Gasteiger partial charge in [-0.2, -0.15) is 0 Å². The maximum absolute atomic E-state index is 13.6. The second-order valence-electron chi connectivity index (χ2n) is 9.63. The largest absolute Gasteiger partial charge is 0.480 e. The summed E-state index contributed by atoms with van der Waals surface area (Å²) in [7, 11) is 0. The van der Waals surface area contributed by atoms with Gasteiger partial charge in [0.1, 0.15) is 11.7 Å². The van der Waals surface area contributed by atoms with Gasteiger partial charge in [0, 0.05) is 30.6 Å². The van der Waals surface area contributed by atoms with Crippen LogP contribution in [0.3, 0.4) is 0 Å². The molecule has 38 heavy (non-hydrogen) atoms. The first-order chi connectivity index (χ1) is 18.4. The number of carbonyl (C=O) groups excluding carboxylic acids is 2. The molecule has 2 aliphatic rings. The minimum Gasteiger partial charge on any atom is -0.480 e. The van der Waals surface area contributed by atoms with Gasteiger partial charge in [-0.1, -0.05) is 48.5 Å². The highest BCUT2D eigenvalue weighted by molar-refractivity contribution is 6.07. The number of hydrogen-bond donors (Lipinski definition) is 2. The average molecular weight is 508 g/mol. The van der Waals surface area contributed by atoms with Gasteiger partial charge in [-0.15, -0.1) is 0 Å². The van der Waals surface area contributed by atoms with Crippen LogP contribution < -0.4 is 5.73 Å². The lowest BCUT2D eigenvalue weighted by atomic mass is 9.96. The number of carboxylic acid groups (broad SMARTS) is 1. The van der Waals surface area contributed by atoms with E-state index < -0.39 is 12.0 Å². The smallest absolute Gasteiger partial charge is 0.326 e. The number of likely N-dealkylation sites (tertiary alicyclic amines) is 1. The molecule has 4 aromatic rings. The Morgan fingerprint density at radius 2 is 1.61 bits per heavy atom. The molecule has 1 fully saturated rings. The van der Waals surface area contributed by atoms with Crippen molar-refractivity contribution in [1.82, 2.24) is 19.8 Å². The number of benzene rings is 3. The number of anilines is 1. The van der Waals surface area contributed by atoms with Gasteiger partial charge in [-0.25, -0.2) is 14.8 Å². The van der Waals surface area contributed by atoms with Crippen LogP contribution in [-0.2, 0) is 17.9 Å². The van der Waals surface area contributed by atoms with Crippen molar-refractivity contribution >= 4 is 34.6 Å². The second-order valence-corrected chi connectivity index (χ2v) is 9.63. The number of carbonyl (C=O) groups is 3. The van der Waals surface area contributed by atoms with Crippen molar-refractivity contribution in [2.75, 3.05) is 12.3 Å². The lowest BCUT2D eigenvalue weighted by molar-refractivity contribution is -0.141. The Morgan fingerprint density at radius 1 is 0.895 bits per heavy atom. The van der Waals surface area contributed by atoms with Crippen molar-refractivity contribution in [3.63, 3.8) is 0 Å². The monoisotopic (exact) mass is 507 g/mol. The summed E-state index contributed by atoms with van der Waals surface area (Å²) in [5.41, 5.74) is 10.6. The number of amides is 2. The predicted octanol–water partition coefficient (Wildman–Crippen LogP) is 3.72. The zero-order valence-electron chi connectivity index (χ0n) is 20.5. The van der Waals surface area contributed by atoms with Crippen LogP contribution in [0.15, 0.2) is 66.7 Å². The molecule has 3 aromatic carbocycles. The standard InChI is InChI=1S/C29H25N5O4/c30-29-31-23-12-11-17(20-8-3-4-9-21(20)26(35)34-13-5-10-24(34)28(37)38)14-22(23)25(32-29)27(36)33-15-18-6-1-2-7-19(18)16-33/h1-4,6-9,11-12,14,24H,5,10,13,15-16H2,(H,37,38)(H2,30,31,32)/t24-/m0/s1. The minimum absolute atomic E-state index is 0.00892. The Labute approximate surface area is 218 Å². The summed E-state index contributed by atoms with van der Waals surface area (Å²) in [5, 5.41) is 10.1. The van der Waals surface area contributed by atoms with Crippen LogP contribution in [0.25, 0.3) is 22.0 Å². The molecule has 9 heteroatoms. The van der Waals surface area contributed by atoms with Gasteiger partial charge in [-0.3, -0.25) is 9.59 Å². The van der Waals surface area contributed by atoms with Gasteiger partial charge in [0.2, 0.25) is 5.95 Å². The number of fused-ring (bicyclic) bond motifs is 2. The van der Waals surface area contributed by atoms with Gasteiger partial charge >= 0.3 is 5.97 Å². The summed E-state index contributed by atoms with van der Waals surface area (Å²) >= 11 is 0. The first kappa shape index (κ1) is 23.6. The molecule has 1 saturated heterocycles. The second kappa shape index (κ2) is 9.26. The Hall–Kier alpha value is -4.79. The number of nitrogens with two attached hydrogens (primary N) is 1. The molecule has 0 radical (unpaired) electrons. The van der Waals surface area contributed by atoms with Crippen LogP contribution in [0.1, 0.15) is 44.8 Å². The van der Waals surface area contributed by atoms with Crippen molar-refractivity contribution in [3.05, 3.63) is 89.1 Å². The van der Waals surface area contributed by atoms with E-state index in [0.717, 1.165) is 11.1 Å². The molecule has 0 unspecified atom stereocenters. The van der Waals surface area contributed by atoms with E-state index in [1.807, 2.05) is 42.5 Å². The van der Waals surface area contributed by atoms with Crippen LogP contribution in [0, 0.1) is 0 Å². The Balaban J connectivity index is 1.40. The molecule has 3 N–H and O–H groups in total. The van der Waals surface area contributed by atoms with Crippen LogP contribution in [0.2, 0.25) is 0 Å². The molecular formula is C29H25N5O4. The van der Waals surface area contributed by atoms with Gasteiger partial charge in [0.15, 0.2) is 0 Å². The normalized spacial score (nSPS) is 16.6. The molecule has 190 valence electrons. The third kappa shape index (κ3) is 4.02.